The highest BCUT2D eigenvalue weighted by Crippen LogP contribution is 2.25. The molecule has 0 saturated carbocycles. The van der Waals surface area contributed by atoms with Crippen LogP contribution in [-0.4, -0.2) is 32.5 Å². The van der Waals surface area contributed by atoms with Gasteiger partial charge in [-0.25, -0.2) is 4.98 Å². The molecule has 0 bridgehead atoms. The van der Waals surface area contributed by atoms with E-state index in [4.69, 9.17) is 4.74 Å². The maximum atomic E-state index is 12.3. The molecule has 0 amide bonds. The van der Waals surface area contributed by atoms with E-state index in [2.05, 4.69) is 4.98 Å². The summed E-state index contributed by atoms with van der Waals surface area (Å²) >= 11 is 1.37. The van der Waals surface area contributed by atoms with E-state index in [9.17, 15) is 15.2 Å². The first-order valence-corrected chi connectivity index (χ1v) is 9.92. The number of esters is 1. The lowest BCUT2D eigenvalue weighted by molar-refractivity contribution is -0.142. The van der Waals surface area contributed by atoms with Crippen molar-refractivity contribution in [3.05, 3.63) is 65.7 Å². The SMILES string of the molecule is Cc1ccc(S[C@H](C)C(=O)OC/C(O)=C(\C#N)c2nc3ccccc3n2C)cc1. The van der Waals surface area contributed by atoms with Crippen molar-refractivity contribution in [1.29, 1.82) is 5.26 Å². The van der Waals surface area contributed by atoms with Crippen LogP contribution in [0.4, 0.5) is 0 Å². The number of benzene rings is 2. The minimum atomic E-state index is -0.468. The molecule has 0 spiro atoms. The van der Waals surface area contributed by atoms with Crippen LogP contribution >= 0.6 is 11.8 Å². The minimum Gasteiger partial charge on any atom is -0.507 e. The standard InChI is InChI=1S/C22H21N3O3S/c1-14-8-10-16(11-9-14)29-15(2)22(27)28-13-20(26)17(12-23)21-24-18-6-4-5-7-19(18)25(21)3/h4-11,15,26H,13H2,1-3H3/b20-17-/t15-/m1/s1. The monoisotopic (exact) mass is 407 g/mol. The lowest BCUT2D eigenvalue weighted by Crippen LogP contribution is -2.18. The quantitative estimate of drug-likeness (QED) is 0.282. The molecule has 0 aliphatic rings. The third-order valence-corrected chi connectivity index (χ3v) is 5.52. The summed E-state index contributed by atoms with van der Waals surface area (Å²) in [4.78, 5) is 17.7. The number of imidazole rings is 1. The Bertz CT molecular complexity index is 1110. The highest BCUT2D eigenvalue weighted by atomic mass is 32.2. The molecule has 1 atom stereocenters. The predicted molar refractivity (Wildman–Crippen MR) is 113 cm³/mol. The first kappa shape index (κ1) is 20.5. The molecule has 7 heteroatoms. The Morgan fingerprint density at radius 2 is 1.97 bits per heavy atom. The van der Waals surface area contributed by atoms with Gasteiger partial charge in [-0.3, -0.25) is 4.79 Å². The third-order valence-electron chi connectivity index (χ3n) is 4.43. The summed E-state index contributed by atoms with van der Waals surface area (Å²) in [6.45, 7) is 3.35. The lowest BCUT2D eigenvalue weighted by Gasteiger charge is -2.12. The molecule has 2 aromatic carbocycles. The van der Waals surface area contributed by atoms with Crippen molar-refractivity contribution in [3.8, 4) is 6.07 Å². The molecule has 0 saturated heterocycles. The number of nitriles is 1. The molecule has 148 valence electrons. The second-order valence-electron chi connectivity index (χ2n) is 6.60. The largest absolute Gasteiger partial charge is 0.507 e. The summed E-state index contributed by atoms with van der Waals surface area (Å²) in [6.07, 6.45) is 0. The van der Waals surface area contributed by atoms with Gasteiger partial charge in [-0.15, -0.1) is 11.8 Å². The molecule has 0 radical (unpaired) electrons. The number of allylic oxidation sites excluding steroid dienone is 1. The number of carbonyl (C=O) groups excluding carboxylic acids is 1. The van der Waals surface area contributed by atoms with Crippen LogP contribution in [0.3, 0.4) is 0 Å². The van der Waals surface area contributed by atoms with E-state index in [1.54, 1.807) is 18.5 Å². The second-order valence-corrected chi connectivity index (χ2v) is 8.01. The summed E-state index contributed by atoms with van der Waals surface area (Å²) < 4.78 is 6.95. The maximum absolute atomic E-state index is 12.3. The number of carbonyl (C=O) groups is 1. The van der Waals surface area contributed by atoms with E-state index < -0.39 is 11.2 Å². The van der Waals surface area contributed by atoms with Gasteiger partial charge >= 0.3 is 5.97 Å². The summed E-state index contributed by atoms with van der Waals surface area (Å²) in [5, 5.41) is 19.5. The van der Waals surface area contributed by atoms with Crippen LogP contribution in [0.15, 0.2) is 59.2 Å². The highest BCUT2D eigenvalue weighted by molar-refractivity contribution is 8.00. The lowest BCUT2D eigenvalue weighted by atomic mass is 10.2. The first-order chi connectivity index (χ1) is 13.9. The van der Waals surface area contributed by atoms with E-state index in [1.165, 1.54) is 11.8 Å². The Balaban J connectivity index is 1.71. The normalized spacial score (nSPS) is 12.9. The molecule has 29 heavy (non-hydrogen) atoms. The number of thioether (sulfide) groups is 1. The van der Waals surface area contributed by atoms with Gasteiger partial charge in [0.15, 0.2) is 11.6 Å². The zero-order valence-corrected chi connectivity index (χ0v) is 17.2. The molecule has 3 aromatic rings. The van der Waals surface area contributed by atoms with Crippen molar-refractivity contribution in [1.82, 2.24) is 9.55 Å². The third kappa shape index (κ3) is 4.61. The number of hydrogen-bond donors (Lipinski definition) is 1. The van der Waals surface area contributed by atoms with Crippen molar-refractivity contribution < 1.29 is 14.6 Å². The van der Waals surface area contributed by atoms with Crippen LogP contribution in [0.2, 0.25) is 0 Å². The van der Waals surface area contributed by atoms with Crippen LogP contribution in [0.1, 0.15) is 18.3 Å². The average Bonchev–Trinajstić information content (AvgIpc) is 3.05. The molecule has 0 fully saturated rings. The van der Waals surface area contributed by atoms with Crippen LogP contribution < -0.4 is 0 Å². The number of rotatable bonds is 6. The fourth-order valence-corrected chi connectivity index (χ4v) is 3.68. The van der Waals surface area contributed by atoms with E-state index in [0.717, 1.165) is 16.0 Å². The van der Waals surface area contributed by atoms with Gasteiger partial charge in [0.1, 0.15) is 23.5 Å². The number of aromatic nitrogens is 2. The van der Waals surface area contributed by atoms with E-state index in [1.807, 2.05) is 61.5 Å². The van der Waals surface area contributed by atoms with Crippen LogP contribution in [0.25, 0.3) is 16.6 Å². The number of aliphatic hydroxyl groups excluding tert-OH is 1. The molecule has 1 heterocycles. The Morgan fingerprint density at radius 3 is 2.62 bits per heavy atom. The summed E-state index contributed by atoms with van der Waals surface area (Å²) in [5.74, 6) is -0.472. The van der Waals surface area contributed by atoms with Gasteiger partial charge in [-0.05, 0) is 38.1 Å². The van der Waals surface area contributed by atoms with Crippen molar-refractivity contribution >= 4 is 34.3 Å². The second kappa shape index (κ2) is 8.84. The smallest absolute Gasteiger partial charge is 0.319 e. The average molecular weight is 407 g/mol. The topological polar surface area (TPSA) is 88.1 Å². The minimum absolute atomic E-state index is 0.0182. The van der Waals surface area contributed by atoms with Crippen LogP contribution in [0.5, 0.6) is 0 Å². The van der Waals surface area contributed by atoms with E-state index >= 15 is 0 Å². The van der Waals surface area contributed by atoms with E-state index in [0.29, 0.717) is 11.3 Å². The molecular formula is C22H21N3O3S. The Hall–Kier alpha value is -3.24. The molecule has 1 aromatic heterocycles. The molecule has 3 rings (SSSR count). The first-order valence-electron chi connectivity index (χ1n) is 9.04. The predicted octanol–water partition coefficient (Wildman–Crippen LogP) is 4.40. The number of nitrogens with zero attached hydrogens (tertiary/aromatic N) is 3. The molecule has 0 unspecified atom stereocenters. The summed E-state index contributed by atoms with van der Waals surface area (Å²) in [7, 11) is 1.77. The molecule has 0 aliphatic carbocycles. The number of aryl methyl sites for hydroxylation is 2. The van der Waals surface area contributed by atoms with Crippen molar-refractivity contribution in [2.75, 3.05) is 6.61 Å². The van der Waals surface area contributed by atoms with Gasteiger partial charge in [0, 0.05) is 11.9 Å². The summed E-state index contributed by atoms with van der Waals surface area (Å²) in [5.41, 5.74) is 2.68. The van der Waals surface area contributed by atoms with Crippen molar-refractivity contribution in [2.45, 2.75) is 24.0 Å². The fourth-order valence-electron chi connectivity index (χ4n) is 2.81. The van der Waals surface area contributed by atoms with Gasteiger partial charge in [0.2, 0.25) is 0 Å². The molecule has 0 aliphatic heterocycles. The molecule has 1 N–H and O–H groups in total. The van der Waals surface area contributed by atoms with Gasteiger partial charge in [-0.2, -0.15) is 5.26 Å². The number of hydrogen-bond acceptors (Lipinski definition) is 6. The molecule has 6 nitrogen and oxygen atoms in total. The Labute approximate surface area is 173 Å². The maximum Gasteiger partial charge on any atom is 0.319 e. The number of fused-ring (bicyclic) bond motifs is 1. The fraction of sp³-hybridized carbons (Fsp3) is 0.227. The van der Waals surface area contributed by atoms with Crippen LogP contribution in [-0.2, 0) is 16.6 Å². The summed E-state index contributed by atoms with van der Waals surface area (Å²) in [6, 6.07) is 17.2. The van der Waals surface area contributed by atoms with Gasteiger partial charge < -0.3 is 14.4 Å². The van der Waals surface area contributed by atoms with Gasteiger partial charge in [-0.1, -0.05) is 29.8 Å². The number of para-hydroxylation sites is 2. The number of ether oxygens (including phenoxy) is 1. The highest BCUT2D eigenvalue weighted by Gasteiger charge is 2.20. The number of aliphatic hydroxyl groups is 1. The van der Waals surface area contributed by atoms with Crippen LogP contribution in [0, 0.1) is 18.3 Å². The Kier molecular flexibility index (Phi) is 6.25. The van der Waals surface area contributed by atoms with Crippen molar-refractivity contribution in [2.24, 2.45) is 7.05 Å². The van der Waals surface area contributed by atoms with Gasteiger partial charge in [0.05, 0.1) is 11.0 Å². The van der Waals surface area contributed by atoms with E-state index in [-0.39, 0.29) is 17.9 Å². The van der Waals surface area contributed by atoms with Gasteiger partial charge in [0.25, 0.3) is 0 Å². The Morgan fingerprint density at radius 1 is 1.28 bits per heavy atom. The zero-order valence-electron chi connectivity index (χ0n) is 16.4. The van der Waals surface area contributed by atoms with Crippen molar-refractivity contribution in [3.63, 3.8) is 0 Å². The zero-order chi connectivity index (χ0) is 21.0. The molecular weight excluding hydrogens is 386 g/mol.